The summed E-state index contributed by atoms with van der Waals surface area (Å²) in [6.45, 7) is 0.173. The zero-order chi connectivity index (χ0) is 22.7. The lowest BCUT2D eigenvalue weighted by Crippen LogP contribution is -2.29. The van der Waals surface area contributed by atoms with E-state index in [0.717, 1.165) is 5.56 Å². The number of likely N-dealkylation sites (tertiary alicyclic amines) is 1. The summed E-state index contributed by atoms with van der Waals surface area (Å²) in [5.74, 6) is -0.996. The first-order valence-electron chi connectivity index (χ1n) is 9.84. The molecule has 0 saturated carbocycles. The Morgan fingerprint density at radius 1 is 0.969 bits per heavy atom. The molecule has 0 radical (unpaired) electrons. The Kier molecular flexibility index (Phi) is 5.85. The second-order valence-corrected chi connectivity index (χ2v) is 7.13. The third-order valence-corrected chi connectivity index (χ3v) is 5.33. The molecule has 1 saturated heterocycles. The average molecular weight is 431 g/mol. The maximum atomic E-state index is 13.1. The van der Waals surface area contributed by atoms with Crippen molar-refractivity contribution in [3.8, 4) is 11.5 Å². The molecule has 3 heterocycles. The summed E-state index contributed by atoms with van der Waals surface area (Å²) in [6.07, 6.45) is 6.39. The second-order valence-electron chi connectivity index (χ2n) is 7.13. The third-order valence-electron chi connectivity index (χ3n) is 5.33. The Bertz CT molecular complexity index is 1180. The molecule has 1 atom stereocenters. The summed E-state index contributed by atoms with van der Waals surface area (Å²) >= 11 is 0. The standard InChI is InChI=1S/C24H21N3O5/c1-31-17-3-4-19(32-2)18(13-17)22(28)20-21(16-7-11-26-12-8-16)27(24(30)23(20)29)14-15-5-9-25-10-6-15/h3-13,21,28H,14H2,1-2H3/b22-20+. The fourth-order valence-electron chi connectivity index (χ4n) is 3.76. The largest absolute Gasteiger partial charge is 0.507 e. The van der Waals surface area contributed by atoms with Crippen molar-refractivity contribution in [2.24, 2.45) is 0 Å². The van der Waals surface area contributed by atoms with Gasteiger partial charge in [-0.15, -0.1) is 0 Å². The van der Waals surface area contributed by atoms with Crippen LogP contribution in [0.2, 0.25) is 0 Å². The minimum Gasteiger partial charge on any atom is -0.507 e. The number of rotatable bonds is 6. The lowest BCUT2D eigenvalue weighted by atomic mass is 9.95. The van der Waals surface area contributed by atoms with Gasteiger partial charge < -0.3 is 19.5 Å². The predicted octanol–water partition coefficient (Wildman–Crippen LogP) is 3.12. The van der Waals surface area contributed by atoms with Gasteiger partial charge >= 0.3 is 0 Å². The molecule has 2 aromatic heterocycles. The fourth-order valence-corrected chi connectivity index (χ4v) is 3.76. The highest BCUT2D eigenvalue weighted by Crippen LogP contribution is 2.42. The SMILES string of the molecule is COc1ccc(OC)c(/C(O)=C2\C(=O)C(=O)N(Cc3ccncc3)C2c2ccncc2)c1. The molecule has 8 nitrogen and oxygen atoms in total. The third kappa shape index (κ3) is 3.78. The topological polar surface area (TPSA) is 102 Å². The predicted molar refractivity (Wildman–Crippen MR) is 116 cm³/mol. The molecule has 8 heteroatoms. The van der Waals surface area contributed by atoms with E-state index >= 15 is 0 Å². The molecule has 0 spiro atoms. The van der Waals surface area contributed by atoms with Gasteiger partial charge in [0.05, 0.1) is 31.4 Å². The number of hydrogen-bond donors (Lipinski definition) is 1. The highest BCUT2D eigenvalue weighted by molar-refractivity contribution is 6.46. The molecular weight excluding hydrogens is 410 g/mol. The molecule has 4 rings (SSSR count). The number of pyridine rings is 2. The smallest absolute Gasteiger partial charge is 0.295 e. The maximum Gasteiger partial charge on any atom is 0.295 e. The zero-order valence-electron chi connectivity index (χ0n) is 17.6. The van der Waals surface area contributed by atoms with Crippen LogP contribution < -0.4 is 9.47 Å². The molecule has 1 aliphatic heterocycles. The molecule has 3 aromatic rings. The number of ketones is 1. The van der Waals surface area contributed by atoms with Crippen molar-refractivity contribution in [2.45, 2.75) is 12.6 Å². The maximum absolute atomic E-state index is 13.1. The molecule has 0 aliphatic carbocycles. The summed E-state index contributed by atoms with van der Waals surface area (Å²) in [7, 11) is 2.96. The van der Waals surface area contributed by atoms with Gasteiger partial charge in [-0.2, -0.15) is 0 Å². The van der Waals surface area contributed by atoms with E-state index in [4.69, 9.17) is 9.47 Å². The van der Waals surface area contributed by atoms with Crippen LogP contribution in [0.1, 0.15) is 22.7 Å². The van der Waals surface area contributed by atoms with Crippen LogP contribution >= 0.6 is 0 Å². The van der Waals surface area contributed by atoms with Gasteiger partial charge in [-0.05, 0) is 53.6 Å². The van der Waals surface area contributed by atoms with Gasteiger partial charge in [0.1, 0.15) is 17.3 Å². The van der Waals surface area contributed by atoms with Crippen molar-refractivity contribution in [3.05, 3.63) is 89.5 Å². The summed E-state index contributed by atoms with van der Waals surface area (Å²) in [5.41, 5.74) is 1.69. The Labute approximate surface area is 184 Å². The van der Waals surface area contributed by atoms with Crippen molar-refractivity contribution in [2.75, 3.05) is 14.2 Å². The molecule has 1 aliphatic rings. The number of hydrogen-bond acceptors (Lipinski definition) is 7. The van der Waals surface area contributed by atoms with Gasteiger partial charge in [-0.1, -0.05) is 0 Å². The summed E-state index contributed by atoms with van der Waals surface area (Å²) in [6, 6.07) is 11.0. The van der Waals surface area contributed by atoms with E-state index in [0.29, 0.717) is 17.1 Å². The molecule has 1 unspecified atom stereocenters. The van der Waals surface area contributed by atoms with Gasteiger partial charge in [-0.25, -0.2) is 0 Å². The number of nitrogens with zero attached hydrogens (tertiary/aromatic N) is 3. The first-order chi connectivity index (χ1) is 15.5. The number of benzene rings is 1. The average Bonchev–Trinajstić information content (AvgIpc) is 3.09. The van der Waals surface area contributed by atoms with E-state index in [1.165, 1.54) is 19.1 Å². The molecule has 1 fully saturated rings. The van der Waals surface area contributed by atoms with Gasteiger partial charge in [0.15, 0.2) is 0 Å². The van der Waals surface area contributed by atoms with E-state index in [-0.39, 0.29) is 23.4 Å². The Balaban J connectivity index is 1.90. The van der Waals surface area contributed by atoms with Crippen LogP contribution in [0.5, 0.6) is 11.5 Å². The van der Waals surface area contributed by atoms with Crippen LogP contribution in [0.3, 0.4) is 0 Å². The van der Waals surface area contributed by atoms with Gasteiger partial charge in [0, 0.05) is 31.3 Å². The Morgan fingerprint density at radius 2 is 1.62 bits per heavy atom. The van der Waals surface area contributed by atoms with Crippen LogP contribution in [-0.4, -0.2) is 45.9 Å². The van der Waals surface area contributed by atoms with E-state index in [9.17, 15) is 14.7 Å². The first kappa shape index (κ1) is 21.0. The van der Waals surface area contributed by atoms with E-state index < -0.39 is 17.7 Å². The van der Waals surface area contributed by atoms with Crippen molar-refractivity contribution in [1.29, 1.82) is 0 Å². The molecule has 1 N–H and O–H groups in total. The molecular formula is C24H21N3O5. The van der Waals surface area contributed by atoms with Crippen molar-refractivity contribution < 1.29 is 24.2 Å². The van der Waals surface area contributed by atoms with E-state index in [1.54, 1.807) is 67.3 Å². The Morgan fingerprint density at radius 3 is 2.25 bits per heavy atom. The number of amides is 1. The quantitative estimate of drug-likeness (QED) is 0.363. The normalized spacial score (nSPS) is 17.4. The highest BCUT2D eigenvalue weighted by atomic mass is 16.5. The number of Topliss-reactive ketones (excluding diaryl/α,β-unsaturated/α-hetero) is 1. The summed E-state index contributed by atoms with van der Waals surface area (Å²) in [4.78, 5) is 35.7. The number of carbonyl (C=O) groups excluding carboxylic acids is 2. The number of methoxy groups -OCH3 is 2. The monoisotopic (exact) mass is 431 g/mol. The highest BCUT2D eigenvalue weighted by Gasteiger charge is 2.46. The van der Waals surface area contributed by atoms with Crippen molar-refractivity contribution in [3.63, 3.8) is 0 Å². The molecule has 32 heavy (non-hydrogen) atoms. The molecule has 1 amide bonds. The number of ether oxygens (including phenoxy) is 2. The number of aromatic nitrogens is 2. The minimum atomic E-state index is -0.804. The summed E-state index contributed by atoms with van der Waals surface area (Å²) in [5, 5.41) is 11.3. The van der Waals surface area contributed by atoms with E-state index in [2.05, 4.69) is 9.97 Å². The minimum absolute atomic E-state index is 0.0261. The zero-order valence-corrected chi connectivity index (χ0v) is 17.6. The lowest BCUT2D eigenvalue weighted by Gasteiger charge is -2.25. The van der Waals surface area contributed by atoms with E-state index in [1.807, 2.05) is 0 Å². The lowest BCUT2D eigenvalue weighted by molar-refractivity contribution is -0.140. The van der Waals surface area contributed by atoms with Crippen LogP contribution in [0.4, 0.5) is 0 Å². The van der Waals surface area contributed by atoms with Crippen LogP contribution in [0.25, 0.3) is 5.76 Å². The van der Waals surface area contributed by atoms with Crippen LogP contribution in [-0.2, 0) is 16.1 Å². The molecule has 1 aromatic carbocycles. The van der Waals surface area contributed by atoms with Crippen LogP contribution in [0, 0.1) is 0 Å². The Hall–Kier alpha value is -4.20. The first-order valence-corrected chi connectivity index (χ1v) is 9.84. The number of aliphatic hydroxyl groups is 1. The summed E-state index contributed by atoms with van der Waals surface area (Å²) < 4.78 is 10.6. The van der Waals surface area contributed by atoms with Gasteiger partial charge in [-0.3, -0.25) is 19.6 Å². The second kappa shape index (κ2) is 8.89. The van der Waals surface area contributed by atoms with Gasteiger partial charge in [0.25, 0.3) is 11.7 Å². The van der Waals surface area contributed by atoms with Crippen LogP contribution in [0.15, 0.2) is 72.8 Å². The van der Waals surface area contributed by atoms with Crippen molar-refractivity contribution in [1.82, 2.24) is 14.9 Å². The fraction of sp³-hybridized carbons (Fsp3) is 0.167. The molecule has 0 bridgehead atoms. The molecule has 162 valence electrons. The van der Waals surface area contributed by atoms with Gasteiger partial charge in [0.2, 0.25) is 0 Å². The van der Waals surface area contributed by atoms with Crippen molar-refractivity contribution >= 4 is 17.4 Å². The number of aliphatic hydroxyl groups excluding tert-OH is 1. The number of carbonyl (C=O) groups is 2.